The number of nitrogens with zero attached hydrogens (tertiary/aromatic N) is 3. The summed E-state index contributed by atoms with van der Waals surface area (Å²) in [6.45, 7) is 1.90. The predicted molar refractivity (Wildman–Crippen MR) is 100 cm³/mol. The van der Waals surface area contributed by atoms with Gasteiger partial charge in [-0.2, -0.15) is 0 Å². The highest BCUT2D eigenvalue weighted by Crippen LogP contribution is 2.38. The molecular weight excluding hydrogens is 397 g/mol. The molecule has 2 atom stereocenters. The number of aromatic nitrogens is 1. The molecule has 5 nitrogen and oxygen atoms in total. The van der Waals surface area contributed by atoms with Gasteiger partial charge < -0.3 is 15.1 Å². The largest absolute Gasteiger partial charge is 0.367 e. The highest BCUT2D eigenvalue weighted by molar-refractivity contribution is 6.38. The summed E-state index contributed by atoms with van der Waals surface area (Å²) in [6, 6.07) is 2.94. The molecule has 2 aliphatic rings. The van der Waals surface area contributed by atoms with Gasteiger partial charge in [-0.1, -0.05) is 23.2 Å². The van der Waals surface area contributed by atoms with E-state index in [0.717, 1.165) is 30.8 Å². The number of urea groups is 1. The van der Waals surface area contributed by atoms with E-state index in [1.807, 2.05) is 0 Å². The molecule has 0 saturated carbocycles. The number of hydrogen-bond donors (Lipinski definition) is 1. The summed E-state index contributed by atoms with van der Waals surface area (Å²) < 4.78 is 26.4. The van der Waals surface area contributed by atoms with E-state index >= 15 is 0 Å². The van der Waals surface area contributed by atoms with E-state index in [-0.39, 0.29) is 23.7 Å². The topological polar surface area (TPSA) is 48.5 Å². The van der Waals surface area contributed by atoms with Gasteiger partial charge in [-0.25, -0.2) is 13.6 Å². The Bertz CT molecular complexity index is 877. The zero-order chi connectivity index (χ0) is 19.1. The van der Waals surface area contributed by atoms with Crippen LogP contribution in [0, 0.1) is 17.6 Å². The number of carbonyl (C=O) groups excluding carboxylic acids is 1. The number of piperidine rings is 1. The van der Waals surface area contributed by atoms with Crippen molar-refractivity contribution < 1.29 is 13.6 Å². The molecule has 2 saturated heterocycles. The highest BCUT2D eigenvalue weighted by Gasteiger charge is 2.41. The third kappa shape index (κ3) is 3.53. The Balaban J connectivity index is 1.49. The van der Waals surface area contributed by atoms with Crippen molar-refractivity contribution in [3.05, 3.63) is 52.3 Å². The van der Waals surface area contributed by atoms with Crippen LogP contribution in [0.4, 0.5) is 25.0 Å². The molecule has 3 heterocycles. The number of benzene rings is 1. The first-order chi connectivity index (χ1) is 12.9. The summed E-state index contributed by atoms with van der Waals surface area (Å²) in [4.78, 5) is 20.4. The molecule has 27 heavy (non-hydrogen) atoms. The van der Waals surface area contributed by atoms with Gasteiger partial charge in [0.2, 0.25) is 0 Å². The first kappa shape index (κ1) is 18.3. The lowest BCUT2D eigenvalue weighted by Gasteiger charge is -2.35. The van der Waals surface area contributed by atoms with Gasteiger partial charge >= 0.3 is 6.03 Å². The summed E-state index contributed by atoms with van der Waals surface area (Å²) in [5.41, 5.74) is 0.948. The lowest BCUT2D eigenvalue weighted by molar-refractivity contribution is 0.208. The predicted octanol–water partition coefficient (Wildman–Crippen LogP) is 4.41. The fourth-order valence-corrected chi connectivity index (χ4v) is 4.47. The monoisotopic (exact) mass is 412 g/mol. The first-order valence-electron chi connectivity index (χ1n) is 8.49. The van der Waals surface area contributed by atoms with Gasteiger partial charge in [-0.05, 0) is 24.5 Å². The van der Waals surface area contributed by atoms with Gasteiger partial charge in [0.1, 0.15) is 0 Å². The van der Waals surface area contributed by atoms with Crippen molar-refractivity contribution in [2.24, 2.45) is 5.92 Å². The van der Waals surface area contributed by atoms with Crippen LogP contribution in [0.1, 0.15) is 6.42 Å². The first-order valence-corrected chi connectivity index (χ1v) is 9.24. The fraction of sp³-hybridized carbons (Fsp3) is 0.333. The van der Waals surface area contributed by atoms with Gasteiger partial charge in [-0.15, -0.1) is 0 Å². The number of rotatable bonds is 2. The fourth-order valence-electron chi connectivity index (χ4n) is 3.87. The number of nitrogens with one attached hydrogen (secondary N) is 1. The minimum atomic E-state index is -0.999. The minimum Gasteiger partial charge on any atom is -0.367 e. The summed E-state index contributed by atoms with van der Waals surface area (Å²) in [5.74, 6) is -1.67. The molecule has 1 aromatic carbocycles. The van der Waals surface area contributed by atoms with Gasteiger partial charge in [0.05, 0.1) is 21.8 Å². The maximum atomic E-state index is 13.4. The lowest BCUT2D eigenvalue weighted by atomic mass is 9.99. The molecule has 2 unspecified atom stereocenters. The van der Waals surface area contributed by atoms with E-state index in [4.69, 9.17) is 23.2 Å². The van der Waals surface area contributed by atoms with Crippen molar-refractivity contribution >= 4 is 40.6 Å². The van der Waals surface area contributed by atoms with Crippen LogP contribution in [0.15, 0.2) is 30.6 Å². The molecule has 142 valence electrons. The SMILES string of the molecule is O=C(Nc1ccc(F)c(F)c1)N1CC2CC1CN(c1c(Cl)cncc1Cl)C2. The second kappa shape index (κ2) is 7.13. The van der Waals surface area contributed by atoms with Crippen LogP contribution in [0.5, 0.6) is 0 Å². The van der Waals surface area contributed by atoms with Crippen LogP contribution >= 0.6 is 23.2 Å². The van der Waals surface area contributed by atoms with E-state index in [2.05, 4.69) is 15.2 Å². The average molecular weight is 413 g/mol. The average Bonchev–Trinajstić information content (AvgIpc) is 2.92. The zero-order valence-corrected chi connectivity index (χ0v) is 15.6. The number of pyridine rings is 1. The Hall–Kier alpha value is -2.12. The van der Waals surface area contributed by atoms with Gasteiger partial charge in [0.15, 0.2) is 11.6 Å². The lowest BCUT2D eigenvalue weighted by Crippen LogP contribution is -2.45. The van der Waals surface area contributed by atoms with Gasteiger partial charge in [0.25, 0.3) is 0 Å². The van der Waals surface area contributed by atoms with Gasteiger partial charge in [0, 0.05) is 43.8 Å². The van der Waals surface area contributed by atoms with Crippen LogP contribution in [0.3, 0.4) is 0 Å². The molecule has 4 rings (SSSR count). The van der Waals surface area contributed by atoms with E-state index in [9.17, 15) is 13.6 Å². The normalized spacial score (nSPS) is 21.5. The second-order valence-electron chi connectivity index (χ2n) is 6.82. The number of amides is 2. The number of likely N-dealkylation sites (tertiary alicyclic amines) is 1. The molecule has 2 amide bonds. The van der Waals surface area contributed by atoms with E-state index in [1.54, 1.807) is 17.3 Å². The molecule has 0 aliphatic carbocycles. The van der Waals surface area contributed by atoms with E-state index in [1.165, 1.54) is 6.07 Å². The molecule has 1 N–H and O–H groups in total. The molecular formula is C18H16Cl2F2N4O. The number of anilines is 2. The van der Waals surface area contributed by atoms with Crippen LogP contribution < -0.4 is 10.2 Å². The quantitative estimate of drug-likeness (QED) is 0.794. The molecule has 2 bridgehead atoms. The van der Waals surface area contributed by atoms with Crippen LogP contribution in [0.25, 0.3) is 0 Å². The molecule has 0 spiro atoms. The van der Waals surface area contributed by atoms with Crippen molar-refractivity contribution in [1.29, 1.82) is 0 Å². The summed E-state index contributed by atoms with van der Waals surface area (Å²) >= 11 is 12.5. The Labute approximate surface area is 164 Å². The summed E-state index contributed by atoms with van der Waals surface area (Å²) in [5, 5.41) is 3.59. The maximum absolute atomic E-state index is 13.4. The van der Waals surface area contributed by atoms with Crippen molar-refractivity contribution in [2.45, 2.75) is 12.5 Å². The number of hydrogen-bond acceptors (Lipinski definition) is 3. The van der Waals surface area contributed by atoms with Crippen LogP contribution in [-0.4, -0.2) is 41.6 Å². The minimum absolute atomic E-state index is 0.0191. The van der Waals surface area contributed by atoms with Crippen molar-refractivity contribution in [3.63, 3.8) is 0 Å². The number of fused-ring (bicyclic) bond motifs is 2. The molecule has 9 heteroatoms. The highest BCUT2D eigenvalue weighted by atomic mass is 35.5. The van der Waals surface area contributed by atoms with Gasteiger partial charge in [-0.3, -0.25) is 4.98 Å². The molecule has 2 fully saturated rings. The standard InChI is InChI=1S/C18H16Cl2F2N4O/c19-13-5-23-6-14(20)17(13)25-7-10-3-12(9-25)26(8-10)18(27)24-11-1-2-15(21)16(22)4-11/h1-2,4-6,10,12H,3,7-9H2,(H,24,27). The van der Waals surface area contributed by atoms with Crippen molar-refractivity contribution in [2.75, 3.05) is 29.9 Å². The van der Waals surface area contributed by atoms with Crippen LogP contribution in [-0.2, 0) is 0 Å². The number of halogens is 4. The smallest absolute Gasteiger partial charge is 0.322 e. The Morgan fingerprint density at radius 1 is 1.11 bits per heavy atom. The van der Waals surface area contributed by atoms with Crippen molar-refractivity contribution in [3.8, 4) is 0 Å². The molecule has 2 aliphatic heterocycles. The summed E-state index contributed by atoms with van der Waals surface area (Å²) in [6.07, 6.45) is 3.97. The van der Waals surface area contributed by atoms with Crippen LogP contribution in [0.2, 0.25) is 10.0 Å². The Kier molecular flexibility index (Phi) is 4.82. The Morgan fingerprint density at radius 3 is 2.56 bits per heavy atom. The summed E-state index contributed by atoms with van der Waals surface area (Å²) in [7, 11) is 0. The second-order valence-corrected chi connectivity index (χ2v) is 7.64. The van der Waals surface area contributed by atoms with E-state index in [0.29, 0.717) is 23.1 Å². The van der Waals surface area contributed by atoms with Crippen molar-refractivity contribution in [1.82, 2.24) is 9.88 Å². The Morgan fingerprint density at radius 2 is 1.85 bits per heavy atom. The third-order valence-electron chi connectivity index (χ3n) is 4.99. The molecule has 2 aromatic rings. The number of carbonyl (C=O) groups is 1. The molecule has 1 aromatic heterocycles. The third-order valence-corrected chi connectivity index (χ3v) is 5.54. The zero-order valence-electron chi connectivity index (χ0n) is 14.1. The van der Waals surface area contributed by atoms with E-state index < -0.39 is 11.6 Å². The molecule has 0 radical (unpaired) electrons. The maximum Gasteiger partial charge on any atom is 0.322 e.